The summed E-state index contributed by atoms with van der Waals surface area (Å²) < 4.78 is 23.5. The number of thioether (sulfide) groups is 1. The van der Waals surface area contributed by atoms with Crippen LogP contribution >= 0.6 is 11.8 Å². The number of phenolic OH excluding ortho intramolecular Hbond substituents is 1. The molecule has 0 saturated carbocycles. The molecule has 0 saturated heterocycles. The maximum absolute atomic E-state index is 11.7. The summed E-state index contributed by atoms with van der Waals surface area (Å²) in [7, 11) is 0. The lowest BCUT2D eigenvalue weighted by atomic mass is 10.3. The van der Waals surface area contributed by atoms with E-state index in [0.717, 1.165) is 11.8 Å². The summed E-state index contributed by atoms with van der Waals surface area (Å²) in [5.41, 5.74) is 0. The van der Waals surface area contributed by atoms with E-state index in [4.69, 9.17) is 5.11 Å². The van der Waals surface area contributed by atoms with Crippen LogP contribution in [0.2, 0.25) is 0 Å². The van der Waals surface area contributed by atoms with Gasteiger partial charge in [0.25, 0.3) is 0 Å². The zero-order chi connectivity index (χ0) is 8.97. The first-order valence-corrected chi connectivity index (χ1v) is 4.37. The average molecular weight is 190 g/mol. The monoisotopic (exact) mass is 190 g/mol. The minimum Gasteiger partial charge on any atom is -0.508 e. The highest BCUT2D eigenvalue weighted by molar-refractivity contribution is 7.99. The lowest BCUT2D eigenvalue weighted by molar-refractivity contribution is 0.177. The van der Waals surface area contributed by atoms with Gasteiger partial charge in [0.2, 0.25) is 6.43 Å². The summed E-state index contributed by atoms with van der Waals surface area (Å²) in [4.78, 5) is 0.662. The van der Waals surface area contributed by atoms with E-state index in [9.17, 15) is 8.78 Å². The van der Waals surface area contributed by atoms with Crippen LogP contribution in [-0.4, -0.2) is 17.3 Å². The largest absolute Gasteiger partial charge is 0.508 e. The van der Waals surface area contributed by atoms with Gasteiger partial charge in [-0.2, -0.15) is 0 Å². The van der Waals surface area contributed by atoms with Crippen molar-refractivity contribution in [3.05, 3.63) is 24.3 Å². The van der Waals surface area contributed by atoms with E-state index in [-0.39, 0.29) is 11.5 Å². The first-order chi connectivity index (χ1) is 5.68. The van der Waals surface area contributed by atoms with Crippen molar-refractivity contribution in [2.24, 2.45) is 0 Å². The van der Waals surface area contributed by atoms with Gasteiger partial charge in [-0.3, -0.25) is 0 Å². The van der Waals surface area contributed by atoms with Gasteiger partial charge < -0.3 is 5.11 Å². The van der Waals surface area contributed by atoms with Gasteiger partial charge in [-0.1, -0.05) is 6.07 Å². The van der Waals surface area contributed by atoms with Gasteiger partial charge in [0, 0.05) is 4.90 Å². The van der Waals surface area contributed by atoms with Crippen LogP contribution in [0.3, 0.4) is 0 Å². The Bertz CT molecular complexity index is 253. The molecule has 0 aliphatic heterocycles. The van der Waals surface area contributed by atoms with Gasteiger partial charge >= 0.3 is 0 Å². The van der Waals surface area contributed by atoms with Gasteiger partial charge in [-0.25, -0.2) is 8.78 Å². The van der Waals surface area contributed by atoms with Crippen molar-refractivity contribution in [2.75, 3.05) is 5.75 Å². The number of alkyl halides is 2. The minimum absolute atomic E-state index is 0.106. The molecule has 1 aromatic carbocycles. The molecule has 1 rings (SSSR count). The summed E-state index contributed by atoms with van der Waals surface area (Å²) >= 11 is 1.03. The third-order valence-electron chi connectivity index (χ3n) is 1.19. The Labute approximate surface area is 73.4 Å². The van der Waals surface area contributed by atoms with Crippen LogP contribution in [0.5, 0.6) is 5.75 Å². The van der Waals surface area contributed by atoms with Gasteiger partial charge in [-0.15, -0.1) is 11.8 Å². The number of hydrogen-bond acceptors (Lipinski definition) is 2. The lowest BCUT2D eigenvalue weighted by Crippen LogP contribution is -1.92. The number of hydrogen-bond donors (Lipinski definition) is 1. The summed E-state index contributed by atoms with van der Waals surface area (Å²) in [6.45, 7) is 0. The van der Waals surface area contributed by atoms with Crippen molar-refractivity contribution in [3.8, 4) is 5.75 Å². The fraction of sp³-hybridized carbons (Fsp3) is 0.250. The van der Waals surface area contributed by atoms with Crippen LogP contribution < -0.4 is 0 Å². The minimum atomic E-state index is -2.31. The molecule has 0 atom stereocenters. The normalized spacial score (nSPS) is 10.6. The molecule has 1 N–H and O–H groups in total. The molecule has 0 fully saturated rings. The predicted molar refractivity (Wildman–Crippen MR) is 44.8 cm³/mol. The molecule has 0 spiro atoms. The van der Waals surface area contributed by atoms with Crippen molar-refractivity contribution in [3.63, 3.8) is 0 Å². The molecule has 0 aromatic heterocycles. The average Bonchev–Trinajstić information content (AvgIpc) is 2.01. The fourth-order valence-electron chi connectivity index (χ4n) is 0.733. The van der Waals surface area contributed by atoms with Crippen LogP contribution in [0.25, 0.3) is 0 Å². The summed E-state index contributed by atoms with van der Waals surface area (Å²) in [6, 6.07) is 6.29. The standard InChI is InChI=1S/C8H8F2OS/c9-8(10)5-12-7-3-1-2-6(11)4-7/h1-4,8,11H,5H2. The number of phenols is 1. The topological polar surface area (TPSA) is 20.2 Å². The second kappa shape index (κ2) is 4.30. The van der Waals surface area contributed by atoms with Crippen molar-refractivity contribution in [1.82, 2.24) is 0 Å². The lowest BCUT2D eigenvalue weighted by Gasteiger charge is -2.00. The Morgan fingerprint density at radius 3 is 2.75 bits per heavy atom. The number of rotatable bonds is 3. The Kier molecular flexibility index (Phi) is 3.34. The van der Waals surface area contributed by atoms with Crippen LogP contribution in [0.15, 0.2) is 29.2 Å². The number of halogens is 2. The van der Waals surface area contributed by atoms with Gasteiger partial charge in [0.1, 0.15) is 5.75 Å². The molecule has 0 aliphatic carbocycles. The molecule has 0 amide bonds. The van der Waals surface area contributed by atoms with Crippen molar-refractivity contribution >= 4 is 11.8 Å². The summed E-state index contributed by atoms with van der Waals surface area (Å²) in [5, 5.41) is 8.98. The maximum Gasteiger partial charge on any atom is 0.247 e. The molecule has 12 heavy (non-hydrogen) atoms. The summed E-state index contributed by atoms with van der Waals surface area (Å²) in [6.07, 6.45) is -2.31. The van der Waals surface area contributed by atoms with Crippen molar-refractivity contribution in [1.29, 1.82) is 0 Å². The fourth-order valence-corrected chi connectivity index (χ4v) is 1.43. The van der Waals surface area contributed by atoms with E-state index in [1.807, 2.05) is 0 Å². The molecule has 0 unspecified atom stereocenters. The van der Waals surface area contributed by atoms with E-state index in [2.05, 4.69) is 0 Å². The van der Waals surface area contributed by atoms with E-state index >= 15 is 0 Å². The SMILES string of the molecule is Oc1cccc(SCC(F)F)c1. The smallest absolute Gasteiger partial charge is 0.247 e. The van der Waals surface area contributed by atoms with E-state index < -0.39 is 6.43 Å². The van der Waals surface area contributed by atoms with Crippen molar-refractivity contribution < 1.29 is 13.9 Å². The van der Waals surface area contributed by atoms with E-state index in [1.165, 1.54) is 12.1 Å². The highest BCUT2D eigenvalue weighted by Gasteiger charge is 2.03. The number of benzene rings is 1. The molecule has 0 radical (unpaired) electrons. The van der Waals surface area contributed by atoms with Crippen molar-refractivity contribution in [2.45, 2.75) is 11.3 Å². The molecule has 4 heteroatoms. The van der Waals surface area contributed by atoms with Gasteiger partial charge in [0.05, 0.1) is 5.75 Å². The van der Waals surface area contributed by atoms with Gasteiger partial charge in [0.15, 0.2) is 0 Å². The predicted octanol–water partition coefficient (Wildman–Crippen LogP) is 2.75. The molecule has 1 nitrogen and oxygen atoms in total. The zero-order valence-corrected chi connectivity index (χ0v) is 7.02. The third kappa shape index (κ3) is 3.09. The molecule has 66 valence electrons. The second-order valence-electron chi connectivity index (χ2n) is 2.20. The Morgan fingerprint density at radius 1 is 1.42 bits per heavy atom. The Morgan fingerprint density at radius 2 is 2.17 bits per heavy atom. The van der Waals surface area contributed by atoms with Crippen LogP contribution in [0.4, 0.5) is 8.78 Å². The first kappa shape index (κ1) is 9.32. The van der Waals surface area contributed by atoms with E-state index in [1.54, 1.807) is 12.1 Å². The molecule has 0 aliphatic rings. The molecule has 0 heterocycles. The highest BCUT2D eigenvalue weighted by atomic mass is 32.2. The number of aromatic hydroxyl groups is 1. The van der Waals surface area contributed by atoms with Crippen LogP contribution in [0.1, 0.15) is 0 Å². The molecular formula is C8H8F2OS. The van der Waals surface area contributed by atoms with Gasteiger partial charge in [-0.05, 0) is 18.2 Å². The zero-order valence-electron chi connectivity index (χ0n) is 6.21. The quantitative estimate of drug-likeness (QED) is 0.739. The molecular weight excluding hydrogens is 182 g/mol. The Balaban J connectivity index is 2.52. The third-order valence-corrected chi connectivity index (χ3v) is 2.20. The summed E-state index contributed by atoms with van der Waals surface area (Å²) in [5.74, 6) is -0.127. The van der Waals surface area contributed by atoms with Crippen LogP contribution in [-0.2, 0) is 0 Å². The highest BCUT2D eigenvalue weighted by Crippen LogP contribution is 2.23. The van der Waals surface area contributed by atoms with E-state index in [0.29, 0.717) is 4.90 Å². The Hall–Kier alpha value is -0.770. The second-order valence-corrected chi connectivity index (χ2v) is 3.29. The first-order valence-electron chi connectivity index (χ1n) is 3.38. The molecule has 0 bridgehead atoms. The molecule has 1 aromatic rings. The maximum atomic E-state index is 11.7. The van der Waals surface area contributed by atoms with Crippen LogP contribution in [0, 0.1) is 0 Å².